The van der Waals surface area contributed by atoms with Gasteiger partial charge in [-0.25, -0.2) is 4.79 Å². The van der Waals surface area contributed by atoms with Crippen LogP contribution in [0.3, 0.4) is 0 Å². The molecule has 0 aromatic heterocycles. The van der Waals surface area contributed by atoms with E-state index in [0.29, 0.717) is 6.42 Å². The van der Waals surface area contributed by atoms with E-state index >= 15 is 0 Å². The Balaban J connectivity index is 2.85. The zero-order valence-electron chi connectivity index (χ0n) is 9.96. The number of carboxylic acids is 1. The number of aliphatic imine (C=N–C) groups is 1. The van der Waals surface area contributed by atoms with Crippen LogP contribution in [0.4, 0.5) is 0 Å². The summed E-state index contributed by atoms with van der Waals surface area (Å²) in [6.07, 6.45) is 2.50. The predicted octanol–water partition coefficient (Wildman–Crippen LogP) is -0.747. The molecular weight excluding hydrogens is 224 g/mol. The fourth-order valence-electron chi connectivity index (χ4n) is 2.26. The van der Waals surface area contributed by atoms with Crippen LogP contribution in [0.1, 0.15) is 19.3 Å². The number of carbonyl (C=O) groups is 1. The van der Waals surface area contributed by atoms with Crippen LogP contribution >= 0.6 is 0 Å². The molecule has 1 rings (SSSR count). The Morgan fingerprint density at radius 1 is 1.59 bits per heavy atom. The molecule has 98 valence electrons. The Labute approximate surface area is 100 Å². The first kappa shape index (κ1) is 14.1. The van der Waals surface area contributed by atoms with Gasteiger partial charge in [0.05, 0.1) is 6.61 Å². The van der Waals surface area contributed by atoms with Crippen LogP contribution < -0.4 is 5.32 Å². The zero-order valence-corrected chi connectivity index (χ0v) is 9.96. The average molecular weight is 244 g/mol. The monoisotopic (exact) mass is 244 g/mol. The van der Waals surface area contributed by atoms with E-state index in [1.165, 1.54) is 0 Å². The fraction of sp³-hybridized carbons (Fsp3) is 0.818. The molecule has 6 nitrogen and oxygen atoms in total. The molecule has 4 N–H and O–H groups in total. The lowest BCUT2D eigenvalue weighted by Gasteiger charge is -2.32. The van der Waals surface area contributed by atoms with Crippen LogP contribution in [-0.2, 0) is 4.79 Å². The Morgan fingerprint density at radius 2 is 2.29 bits per heavy atom. The number of aliphatic hydroxyl groups is 2. The minimum absolute atomic E-state index is 0.0569. The molecule has 0 radical (unpaired) electrons. The van der Waals surface area contributed by atoms with Gasteiger partial charge < -0.3 is 20.6 Å². The molecule has 1 saturated carbocycles. The second-order valence-electron chi connectivity index (χ2n) is 4.26. The Hall–Kier alpha value is -0.980. The third-order valence-electron chi connectivity index (χ3n) is 3.16. The summed E-state index contributed by atoms with van der Waals surface area (Å²) in [6, 6.07) is -1.19. The van der Waals surface area contributed by atoms with E-state index < -0.39 is 18.6 Å². The molecule has 0 aromatic rings. The molecule has 0 heterocycles. The highest BCUT2D eigenvalue weighted by Crippen LogP contribution is 2.22. The van der Waals surface area contributed by atoms with Crippen LogP contribution in [0.5, 0.6) is 0 Å². The molecule has 6 heteroatoms. The number of nitrogens with zero attached hydrogens (tertiary/aromatic N) is 1. The van der Waals surface area contributed by atoms with Crippen molar-refractivity contribution in [2.24, 2.45) is 10.9 Å². The van der Waals surface area contributed by atoms with Crippen LogP contribution in [0.25, 0.3) is 0 Å². The van der Waals surface area contributed by atoms with E-state index in [0.717, 1.165) is 18.6 Å². The van der Waals surface area contributed by atoms with Crippen molar-refractivity contribution in [2.75, 3.05) is 20.3 Å². The maximum Gasteiger partial charge on any atom is 0.330 e. The predicted molar refractivity (Wildman–Crippen MR) is 63.2 cm³/mol. The quantitative estimate of drug-likeness (QED) is 0.510. The lowest BCUT2D eigenvalue weighted by Crippen LogP contribution is -2.46. The molecule has 0 bridgehead atoms. The summed E-state index contributed by atoms with van der Waals surface area (Å²) < 4.78 is 0. The van der Waals surface area contributed by atoms with E-state index in [4.69, 9.17) is 10.2 Å². The minimum atomic E-state index is -1.12. The Morgan fingerprint density at radius 3 is 2.76 bits per heavy atom. The lowest BCUT2D eigenvalue weighted by molar-refractivity contribution is -0.139. The molecule has 1 aliphatic carbocycles. The summed E-state index contributed by atoms with van der Waals surface area (Å²) in [6.45, 7) is -0.444. The van der Waals surface area contributed by atoms with Crippen molar-refractivity contribution >= 4 is 11.7 Å². The smallest absolute Gasteiger partial charge is 0.330 e. The molecular formula is C11H20N2O4. The average Bonchev–Trinajstić information content (AvgIpc) is 2.34. The molecule has 1 fully saturated rings. The van der Waals surface area contributed by atoms with Crippen LogP contribution in [0, 0.1) is 5.92 Å². The van der Waals surface area contributed by atoms with Crippen LogP contribution in [0.2, 0.25) is 0 Å². The number of aliphatic carboxylic acids is 1. The topological polar surface area (TPSA) is 102 Å². The van der Waals surface area contributed by atoms with Crippen molar-refractivity contribution in [3.63, 3.8) is 0 Å². The van der Waals surface area contributed by atoms with Crippen molar-refractivity contribution in [3.05, 3.63) is 0 Å². The maximum atomic E-state index is 10.8. The highest BCUT2D eigenvalue weighted by Gasteiger charge is 2.29. The first-order chi connectivity index (χ1) is 8.13. The first-order valence-corrected chi connectivity index (χ1v) is 5.82. The van der Waals surface area contributed by atoms with Crippen molar-refractivity contribution in [1.29, 1.82) is 0 Å². The Kier molecular flexibility index (Phi) is 5.54. The van der Waals surface area contributed by atoms with Crippen LogP contribution in [-0.4, -0.2) is 59.3 Å². The molecule has 0 aliphatic heterocycles. The largest absolute Gasteiger partial charge is 0.480 e. The van der Waals surface area contributed by atoms with Crippen molar-refractivity contribution < 1.29 is 20.1 Å². The normalized spacial score (nSPS) is 29.2. The van der Waals surface area contributed by atoms with Gasteiger partial charge in [-0.3, -0.25) is 4.99 Å². The summed E-state index contributed by atoms with van der Waals surface area (Å²) in [5.74, 6) is -1.05. The van der Waals surface area contributed by atoms with Gasteiger partial charge in [0.1, 0.15) is 0 Å². The van der Waals surface area contributed by atoms with Gasteiger partial charge >= 0.3 is 5.97 Å². The van der Waals surface area contributed by atoms with Crippen molar-refractivity contribution in [2.45, 2.75) is 31.3 Å². The molecule has 0 saturated heterocycles. The molecule has 0 aromatic carbocycles. The van der Waals surface area contributed by atoms with Crippen molar-refractivity contribution in [3.8, 4) is 0 Å². The number of hydrogen-bond acceptors (Lipinski definition) is 5. The van der Waals surface area contributed by atoms with Gasteiger partial charge in [0.2, 0.25) is 0 Å². The van der Waals surface area contributed by atoms with Gasteiger partial charge in [0.15, 0.2) is 6.04 Å². The van der Waals surface area contributed by atoms with Gasteiger partial charge in [-0.2, -0.15) is 0 Å². The van der Waals surface area contributed by atoms with E-state index in [-0.39, 0.29) is 18.6 Å². The number of aliphatic hydroxyl groups excluding tert-OH is 2. The third kappa shape index (κ3) is 3.49. The molecule has 3 atom stereocenters. The molecule has 1 aliphatic rings. The van der Waals surface area contributed by atoms with Crippen molar-refractivity contribution in [1.82, 2.24) is 5.32 Å². The molecule has 2 unspecified atom stereocenters. The summed E-state index contributed by atoms with van der Waals surface area (Å²) in [4.78, 5) is 14.9. The number of nitrogens with one attached hydrogen (secondary N) is 1. The molecule has 17 heavy (non-hydrogen) atoms. The highest BCUT2D eigenvalue weighted by molar-refractivity contribution is 5.92. The summed E-state index contributed by atoms with van der Waals surface area (Å²) in [5.41, 5.74) is 0.735. The third-order valence-corrected chi connectivity index (χ3v) is 3.16. The van der Waals surface area contributed by atoms with Gasteiger partial charge in [-0.15, -0.1) is 0 Å². The van der Waals surface area contributed by atoms with E-state index in [1.54, 1.807) is 7.05 Å². The second-order valence-corrected chi connectivity index (χ2v) is 4.26. The fourth-order valence-corrected chi connectivity index (χ4v) is 2.26. The highest BCUT2D eigenvalue weighted by atomic mass is 16.4. The standard InChI is InChI=1S/C11H20N2O4/c1-12-10-7(5-14)3-2-4-8(10)13-9(6-15)11(16)17/h7,9-10,12,14-15H,2-6H2,1H3,(H,16,17)/b13-8-/t7?,9-,10?/m0/s1. The lowest BCUT2D eigenvalue weighted by atomic mass is 9.83. The van der Waals surface area contributed by atoms with Gasteiger partial charge in [0, 0.05) is 24.3 Å². The summed E-state index contributed by atoms with van der Waals surface area (Å²) in [7, 11) is 1.77. The number of carboxylic acid groups (broad SMARTS) is 1. The summed E-state index contributed by atoms with van der Waals surface area (Å²) in [5, 5.41) is 30.1. The second kappa shape index (κ2) is 6.68. The molecule has 0 spiro atoms. The van der Waals surface area contributed by atoms with E-state index in [1.807, 2.05) is 0 Å². The zero-order chi connectivity index (χ0) is 12.8. The van der Waals surface area contributed by atoms with Gasteiger partial charge in [-0.1, -0.05) is 0 Å². The van der Waals surface area contributed by atoms with Crippen LogP contribution in [0.15, 0.2) is 4.99 Å². The van der Waals surface area contributed by atoms with E-state index in [9.17, 15) is 9.90 Å². The maximum absolute atomic E-state index is 10.8. The van der Waals surface area contributed by atoms with Gasteiger partial charge in [-0.05, 0) is 26.3 Å². The Bertz CT molecular complexity index is 293. The molecule has 0 amide bonds. The first-order valence-electron chi connectivity index (χ1n) is 5.82. The number of rotatable bonds is 5. The van der Waals surface area contributed by atoms with Gasteiger partial charge in [0.25, 0.3) is 0 Å². The SMILES string of the molecule is CNC1/C(=N\[C@@H](CO)C(=O)O)CCCC1CO. The van der Waals surface area contributed by atoms with E-state index in [2.05, 4.69) is 10.3 Å². The number of hydrogen-bond donors (Lipinski definition) is 4. The minimum Gasteiger partial charge on any atom is -0.480 e. The summed E-state index contributed by atoms with van der Waals surface area (Å²) >= 11 is 0.